The van der Waals surface area contributed by atoms with E-state index in [0.717, 1.165) is 17.0 Å². The average Bonchev–Trinajstić information content (AvgIpc) is 3.07. The number of hydrogen-bond donors (Lipinski definition) is 0. The second-order valence-corrected chi connectivity index (χ2v) is 7.42. The summed E-state index contributed by atoms with van der Waals surface area (Å²) in [6, 6.07) is 13.8. The van der Waals surface area contributed by atoms with Crippen LogP contribution >= 0.6 is 0 Å². The second-order valence-electron chi connectivity index (χ2n) is 7.42. The third-order valence-corrected chi connectivity index (χ3v) is 4.53. The van der Waals surface area contributed by atoms with Gasteiger partial charge in [-0.2, -0.15) is 5.10 Å². The summed E-state index contributed by atoms with van der Waals surface area (Å²) in [6.45, 7) is 11.7. The largest absolute Gasteiger partial charge is 0.338 e. The Morgan fingerprint density at radius 3 is 2.31 bits per heavy atom. The average molecular weight is 350 g/mol. The maximum Gasteiger partial charge on any atom is 0.272 e. The van der Waals surface area contributed by atoms with Crippen molar-refractivity contribution in [3.8, 4) is 11.3 Å². The first-order chi connectivity index (χ1) is 12.3. The Bertz CT molecular complexity index is 918. The molecular formula is C21H26N4O. The standard InChI is InChI=1S/C21H26N4O/c1-6-24(7-2)20(26)16-13-17(15-11-9-8-10-12-15)25-19(22-16)14-18(23-25)21(3,4)5/h8-14H,6-7H2,1-5H3. The van der Waals surface area contributed by atoms with Gasteiger partial charge in [-0.3, -0.25) is 4.79 Å². The monoisotopic (exact) mass is 350 g/mol. The highest BCUT2D eigenvalue weighted by Gasteiger charge is 2.22. The summed E-state index contributed by atoms with van der Waals surface area (Å²) in [6.07, 6.45) is 0. The highest BCUT2D eigenvalue weighted by molar-refractivity contribution is 5.94. The predicted octanol–water partition coefficient (Wildman–Crippen LogP) is 4.18. The van der Waals surface area contributed by atoms with Crippen LogP contribution in [0, 0.1) is 0 Å². The molecule has 2 aromatic heterocycles. The van der Waals surface area contributed by atoms with Crippen molar-refractivity contribution >= 4 is 11.6 Å². The zero-order valence-corrected chi connectivity index (χ0v) is 16.2. The van der Waals surface area contributed by atoms with Crippen LogP contribution in [0.25, 0.3) is 16.9 Å². The van der Waals surface area contributed by atoms with Gasteiger partial charge in [0.1, 0.15) is 5.69 Å². The smallest absolute Gasteiger partial charge is 0.272 e. The lowest BCUT2D eigenvalue weighted by atomic mass is 9.93. The maximum absolute atomic E-state index is 12.9. The normalized spacial score (nSPS) is 11.7. The van der Waals surface area contributed by atoms with Gasteiger partial charge in [0.2, 0.25) is 0 Å². The minimum absolute atomic E-state index is 0.0480. The van der Waals surface area contributed by atoms with Gasteiger partial charge in [-0.1, -0.05) is 51.1 Å². The van der Waals surface area contributed by atoms with Gasteiger partial charge in [0.15, 0.2) is 5.65 Å². The number of carbonyl (C=O) groups excluding carboxylic acids is 1. The molecule has 0 atom stereocenters. The van der Waals surface area contributed by atoms with Gasteiger partial charge in [0.25, 0.3) is 5.91 Å². The Hall–Kier alpha value is -2.69. The van der Waals surface area contributed by atoms with Gasteiger partial charge in [-0.15, -0.1) is 0 Å². The van der Waals surface area contributed by atoms with Crippen molar-refractivity contribution in [2.24, 2.45) is 0 Å². The van der Waals surface area contributed by atoms with Gasteiger partial charge in [0, 0.05) is 30.1 Å². The Morgan fingerprint density at radius 2 is 1.73 bits per heavy atom. The summed E-state index contributed by atoms with van der Waals surface area (Å²) in [5.41, 5.74) is 3.91. The fourth-order valence-corrected chi connectivity index (χ4v) is 2.94. The quantitative estimate of drug-likeness (QED) is 0.709. The summed E-state index contributed by atoms with van der Waals surface area (Å²) < 4.78 is 1.84. The first-order valence-corrected chi connectivity index (χ1v) is 9.11. The number of rotatable bonds is 4. The van der Waals surface area contributed by atoms with E-state index in [0.29, 0.717) is 24.4 Å². The number of aromatic nitrogens is 3. The van der Waals surface area contributed by atoms with Crippen molar-refractivity contribution in [3.05, 3.63) is 53.9 Å². The zero-order chi connectivity index (χ0) is 18.9. The number of carbonyl (C=O) groups is 1. The van der Waals surface area contributed by atoms with Gasteiger partial charge in [0.05, 0.1) is 11.4 Å². The van der Waals surface area contributed by atoms with Gasteiger partial charge in [-0.05, 0) is 19.9 Å². The van der Waals surface area contributed by atoms with Crippen LogP contribution in [0.15, 0.2) is 42.5 Å². The molecule has 2 heterocycles. The summed E-state index contributed by atoms with van der Waals surface area (Å²) in [5, 5.41) is 4.78. The minimum Gasteiger partial charge on any atom is -0.338 e. The molecule has 3 rings (SSSR count). The topological polar surface area (TPSA) is 50.5 Å². The molecule has 5 heteroatoms. The number of hydrogen-bond acceptors (Lipinski definition) is 3. The molecule has 0 bridgehead atoms. The molecule has 136 valence electrons. The Kier molecular flexibility index (Phi) is 4.81. The molecule has 0 saturated heterocycles. The fraction of sp³-hybridized carbons (Fsp3) is 0.381. The first-order valence-electron chi connectivity index (χ1n) is 9.11. The van der Waals surface area contributed by atoms with Crippen molar-refractivity contribution in [1.82, 2.24) is 19.5 Å². The molecule has 0 saturated carbocycles. The molecule has 0 aliphatic rings. The van der Waals surface area contributed by atoms with Gasteiger partial charge in [-0.25, -0.2) is 9.50 Å². The summed E-state index contributed by atoms with van der Waals surface area (Å²) in [5.74, 6) is -0.0480. The molecule has 26 heavy (non-hydrogen) atoms. The number of amides is 1. The third-order valence-electron chi connectivity index (χ3n) is 4.53. The van der Waals surface area contributed by atoms with Gasteiger partial charge >= 0.3 is 0 Å². The van der Waals surface area contributed by atoms with Crippen LogP contribution in [0.5, 0.6) is 0 Å². The zero-order valence-electron chi connectivity index (χ0n) is 16.2. The third kappa shape index (κ3) is 3.34. The first kappa shape index (κ1) is 18.1. The van der Waals surface area contributed by atoms with Crippen molar-refractivity contribution in [2.75, 3.05) is 13.1 Å². The molecule has 0 radical (unpaired) electrons. The fourth-order valence-electron chi connectivity index (χ4n) is 2.94. The lowest BCUT2D eigenvalue weighted by Crippen LogP contribution is -2.31. The lowest BCUT2D eigenvalue weighted by Gasteiger charge is -2.18. The van der Waals surface area contributed by atoms with Crippen LogP contribution in [-0.2, 0) is 5.41 Å². The van der Waals surface area contributed by atoms with E-state index in [-0.39, 0.29) is 11.3 Å². The van der Waals surface area contributed by atoms with Crippen LogP contribution < -0.4 is 0 Å². The molecule has 0 aliphatic heterocycles. The number of benzene rings is 1. The maximum atomic E-state index is 12.9. The molecule has 1 amide bonds. The molecule has 0 fully saturated rings. The predicted molar refractivity (Wildman–Crippen MR) is 104 cm³/mol. The molecule has 5 nitrogen and oxygen atoms in total. The molecule has 1 aromatic carbocycles. The van der Waals surface area contributed by atoms with Crippen LogP contribution in [0.3, 0.4) is 0 Å². The van der Waals surface area contributed by atoms with Gasteiger partial charge < -0.3 is 4.90 Å². The molecule has 3 aromatic rings. The summed E-state index contributed by atoms with van der Waals surface area (Å²) >= 11 is 0. The highest BCUT2D eigenvalue weighted by atomic mass is 16.2. The summed E-state index contributed by atoms with van der Waals surface area (Å²) in [7, 11) is 0. The molecule has 0 aliphatic carbocycles. The molecule has 0 N–H and O–H groups in total. The van der Waals surface area contributed by atoms with E-state index in [4.69, 9.17) is 5.10 Å². The Balaban J connectivity index is 2.24. The number of fused-ring (bicyclic) bond motifs is 1. The SMILES string of the molecule is CCN(CC)C(=O)c1cc(-c2ccccc2)n2nc(C(C)(C)C)cc2n1. The van der Waals surface area contributed by atoms with E-state index < -0.39 is 0 Å². The Morgan fingerprint density at radius 1 is 1.08 bits per heavy atom. The van der Waals surface area contributed by atoms with Crippen molar-refractivity contribution in [1.29, 1.82) is 0 Å². The van der Waals surface area contributed by atoms with E-state index in [1.54, 1.807) is 4.90 Å². The van der Waals surface area contributed by atoms with E-state index in [9.17, 15) is 4.79 Å². The van der Waals surface area contributed by atoms with Crippen LogP contribution in [-0.4, -0.2) is 38.5 Å². The van der Waals surface area contributed by atoms with Crippen LogP contribution in [0.1, 0.15) is 50.8 Å². The minimum atomic E-state index is -0.0926. The lowest BCUT2D eigenvalue weighted by molar-refractivity contribution is 0.0767. The Labute approximate surface area is 154 Å². The molecular weight excluding hydrogens is 324 g/mol. The number of nitrogens with zero attached hydrogens (tertiary/aromatic N) is 4. The van der Waals surface area contributed by atoms with E-state index in [1.165, 1.54) is 0 Å². The highest BCUT2D eigenvalue weighted by Crippen LogP contribution is 2.26. The van der Waals surface area contributed by atoms with E-state index in [1.807, 2.05) is 60.8 Å². The molecule has 0 spiro atoms. The molecule has 0 unspecified atom stereocenters. The van der Waals surface area contributed by atoms with Crippen LogP contribution in [0.4, 0.5) is 0 Å². The van der Waals surface area contributed by atoms with Crippen molar-refractivity contribution in [3.63, 3.8) is 0 Å². The van der Waals surface area contributed by atoms with Crippen molar-refractivity contribution in [2.45, 2.75) is 40.0 Å². The van der Waals surface area contributed by atoms with E-state index >= 15 is 0 Å². The second kappa shape index (κ2) is 6.90. The van der Waals surface area contributed by atoms with E-state index in [2.05, 4.69) is 25.8 Å². The van der Waals surface area contributed by atoms with Crippen LogP contribution in [0.2, 0.25) is 0 Å². The van der Waals surface area contributed by atoms with Crippen molar-refractivity contribution < 1.29 is 4.79 Å². The summed E-state index contributed by atoms with van der Waals surface area (Å²) in [4.78, 5) is 19.3.